The summed E-state index contributed by atoms with van der Waals surface area (Å²) in [5.74, 6) is 0.693. The van der Waals surface area contributed by atoms with Crippen molar-refractivity contribution in [2.45, 2.75) is 25.7 Å². The summed E-state index contributed by atoms with van der Waals surface area (Å²) in [5.41, 5.74) is 6.36. The van der Waals surface area contributed by atoms with Crippen molar-refractivity contribution in [2.75, 3.05) is 24.8 Å². The molecule has 2 aromatic rings. The van der Waals surface area contributed by atoms with Gasteiger partial charge in [0, 0.05) is 35.8 Å². The molecular formula is C22H26Cl2N2. The Morgan fingerprint density at radius 1 is 1.04 bits per heavy atom. The van der Waals surface area contributed by atoms with Crippen LogP contribution >= 0.6 is 11.6 Å². The Morgan fingerprint density at radius 2 is 1.73 bits per heavy atom. The molecule has 3 rings (SSSR count). The molecule has 1 N–H and O–H groups in total. The van der Waals surface area contributed by atoms with Crippen molar-refractivity contribution in [1.82, 2.24) is 0 Å². The summed E-state index contributed by atoms with van der Waals surface area (Å²) in [6.07, 6.45) is 5.42. The van der Waals surface area contributed by atoms with E-state index in [9.17, 15) is 0 Å². The first-order valence-electron chi connectivity index (χ1n) is 8.82. The number of anilines is 1. The van der Waals surface area contributed by atoms with Gasteiger partial charge >= 0.3 is 0 Å². The molecule has 1 heterocycles. The van der Waals surface area contributed by atoms with E-state index in [1.54, 1.807) is 0 Å². The molecule has 0 atom stereocenters. The summed E-state index contributed by atoms with van der Waals surface area (Å²) in [7, 11) is 2.15. The van der Waals surface area contributed by atoms with E-state index in [4.69, 9.17) is 11.6 Å². The molecule has 0 radical (unpaired) electrons. The minimum absolute atomic E-state index is 0. The van der Waals surface area contributed by atoms with Crippen LogP contribution in [-0.4, -0.2) is 29.8 Å². The first-order chi connectivity index (χ1) is 12.0. The zero-order valence-corrected chi connectivity index (χ0v) is 17.1. The fourth-order valence-corrected chi connectivity index (χ4v) is 3.62. The lowest BCUT2D eigenvalue weighted by molar-refractivity contribution is -0.401. The highest BCUT2D eigenvalue weighted by molar-refractivity contribution is 6.17. The van der Waals surface area contributed by atoms with Gasteiger partial charge in [0.2, 0.25) is 5.69 Å². The van der Waals surface area contributed by atoms with Crippen LogP contribution in [-0.2, 0) is 5.41 Å². The minimum Gasteiger partial charge on any atom is -1.00 e. The molecule has 0 saturated carbocycles. The SMILES string of the molecule is C[N+]1=C(C=Cc2ccc(NCCCCl)cc2)C(C)(C)c2ccccc21.[Cl-]. The molecule has 0 saturated heterocycles. The quantitative estimate of drug-likeness (QED) is 0.456. The molecule has 26 heavy (non-hydrogen) atoms. The Labute approximate surface area is 168 Å². The Hall–Kier alpha value is -1.77. The number of halogens is 2. The van der Waals surface area contributed by atoms with E-state index in [-0.39, 0.29) is 17.8 Å². The highest BCUT2D eigenvalue weighted by Gasteiger charge is 2.42. The molecule has 0 aromatic heterocycles. The van der Waals surface area contributed by atoms with E-state index in [1.165, 1.54) is 22.5 Å². The minimum atomic E-state index is 0. The zero-order chi connectivity index (χ0) is 17.9. The van der Waals surface area contributed by atoms with E-state index in [0.29, 0.717) is 5.88 Å². The molecule has 0 amide bonds. The van der Waals surface area contributed by atoms with Crippen LogP contribution in [0.5, 0.6) is 0 Å². The number of hydrogen-bond donors (Lipinski definition) is 1. The van der Waals surface area contributed by atoms with E-state index < -0.39 is 0 Å². The van der Waals surface area contributed by atoms with Gasteiger partial charge in [-0.05, 0) is 44.0 Å². The molecule has 0 aliphatic carbocycles. The molecular weight excluding hydrogens is 363 g/mol. The summed E-state index contributed by atoms with van der Waals surface area (Å²) in [6, 6.07) is 17.2. The van der Waals surface area contributed by atoms with Crippen molar-refractivity contribution in [3.8, 4) is 0 Å². The van der Waals surface area contributed by atoms with Crippen molar-refractivity contribution in [3.05, 3.63) is 65.7 Å². The summed E-state index contributed by atoms with van der Waals surface area (Å²) >= 11 is 5.71. The van der Waals surface area contributed by atoms with Gasteiger partial charge in [-0.2, -0.15) is 4.58 Å². The largest absolute Gasteiger partial charge is 1.00 e. The number of nitrogens with one attached hydrogen (secondary N) is 1. The Bertz CT molecular complexity index is 805. The van der Waals surface area contributed by atoms with Crippen molar-refractivity contribution in [2.24, 2.45) is 0 Å². The topological polar surface area (TPSA) is 15.0 Å². The third-order valence-corrected chi connectivity index (χ3v) is 5.19. The lowest BCUT2D eigenvalue weighted by Gasteiger charge is -2.15. The average Bonchev–Trinajstić information content (AvgIpc) is 2.81. The maximum absolute atomic E-state index is 5.71. The van der Waals surface area contributed by atoms with Crippen molar-refractivity contribution >= 4 is 34.8 Å². The van der Waals surface area contributed by atoms with Crippen LogP contribution in [0, 0.1) is 0 Å². The second-order valence-corrected chi connectivity index (χ2v) is 7.39. The zero-order valence-electron chi connectivity index (χ0n) is 15.6. The lowest BCUT2D eigenvalue weighted by Crippen LogP contribution is -3.00. The highest BCUT2D eigenvalue weighted by Crippen LogP contribution is 2.39. The van der Waals surface area contributed by atoms with E-state index in [0.717, 1.165) is 18.7 Å². The lowest BCUT2D eigenvalue weighted by atomic mass is 9.81. The first-order valence-corrected chi connectivity index (χ1v) is 9.36. The number of alkyl halides is 1. The second kappa shape index (κ2) is 8.75. The van der Waals surface area contributed by atoms with Gasteiger partial charge in [-0.1, -0.05) is 30.3 Å². The molecule has 0 bridgehead atoms. The van der Waals surface area contributed by atoms with Crippen LogP contribution in [0.3, 0.4) is 0 Å². The molecule has 0 spiro atoms. The Kier molecular flexibility index (Phi) is 6.91. The van der Waals surface area contributed by atoms with E-state index >= 15 is 0 Å². The van der Waals surface area contributed by atoms with Crippen LogP contribution in [0.4, 0.5) is 11.4 Å². The van der Waals surface area contributed by atoms with Gasteiger partial charge in [-0.15, -0.1) is 11.6 Å². The predicted octanol–water partition coefficient (Wildman–Crippen LogP) is 2.45. The summed E-state index contributed by atoms with van der Waals surface area (Å²) in [5, 5.41) is 3.38. The number of rotatable bonds is 6. The van der Waals surface area contributed by atoms with Gasteiger partial charge in [-0.3, -0.25) is 0 Å². The smallest absolute Gasteiger partial charge is 0.209 e. The van der Waals surface area contributed by atoms with Crippen molar-refractivity contribution < 1.29 is 17.0 Å². The van der Waals surface area contributed by atoms with Gasteiger partial charge in [0.05, 0.1) is 5.41 Å². The summed E-state index contributed by atoms with van der Waals surface area (Å²) in [6.45, 7) is 5.49. The monoisotopic (exact) mass is 388 g/mol. The molecule has 138 valence electrons. The predicted molar refractivity (Wildman–Crippen MR) is 110 cm³/mol. The number of nitrogens with zero attached hydrogens (tertiary/aromatic N) is 1. The standard InChI is InChI=1S/C22H25ClN2.ClH/c1-22(2)19-7-4-5-8-20(19)25(3)21(22)14-11-17-9-12-18(13-10-17)24-16-6-15-23;/h4-5,7-14H,6,15-16H2,1-3H3;1H. The fraction of sp³-hybridized carbons (Fsp3) is 0.318. The van der Waals surface area contributed by atoms with Gasteiger partial charge in [0.1, 0.15) is 7.05 Å². The van der Waals surface area contributed by atoms with Gasteiger partial charge in [-0.25, -0.2) is 0 Å². The normalized spacial score (nSPS) is 15.1. The summed E-state index contributed by atoms with van der Waals surface area (Å²) < 4.78 is 2.30. The molecule has 2 aromatic carbocycles. The van der Waals surface area contributed by atoms with Crippen LogP contribution < -0.4 is 17.7 Å². The van der Waals surface area contributed by atoms with Crippen molar-refractivity contribution in [1.29, 1.82) is 0 Å². The van der Waals surface area contributed by atoms with E-state index in [1.807, 2.05) is 0 Å². The van der Waals surface area contributed by atoms with Crippen LogP contribution in [0.1, 0.15) is 31.4 Å². The van der Waals surface area contributed by atoms with Gasteiger partial charge in [0.25, 0.3) is 0 Å². The molecule has 1 aliphatic rings. The third-order valence-electron chi connectivity index (χ3n) is 4.92. The third kappa shape index (κ3) is 4.13. The number of fused-ring (bicyclic) bond motifs is 1. The fourth-order valence-electron chi connectivity index (χ4n) is 3.49. The maximum atomic E-state index is 5.71. The van der Waals surface area contributed by atoms with Crippen molar-refractivity contribution in [3.63, 3.8) is 0 Å². The summed E-state index contributed by atoms with van der Waals surface area (Å²) in [4.78, 5) is 0. The second-order valence-electron chi connectivity index (χ2n) is 7.01. The average molecular weight is 389 g/mol. The number of benzene rings is 2. The van der Waals surface area contributed by atoms with E-state index in [2.05, 4.69) is 91.5 Å². The van der Waals surface area contributed by atoms with Crippen LogP contribution in [0.2, 0.25) is 0 Å². The molecule has 0 unspecified atom stereocenters. The molecule has 0 fully saturated rings. The number of allylic oxidation sites excluding steroid dienone is 1. The highest BCUT2D eigenvalue weighted by atomic mass is 35.5. The number of hydrogen-bond acceptors (Lipinski definition) is 1. The van der Waals surface area contributed by atoms with Gasteiger partial charge in [0.15, 0.2) is 5.71 Å². The molecule has 1 aliphatic heterocycles. The van der Waals surface area contributed by atoms with Crippen LogP contribution in [0.25, 0.3) is 6.08 Å². The molecule has 4 heteroatoms. The Morgan fingerprint density at radius 3 is 2.38 bits per heavy atom. The first kappa shape index (κ1) is 20.5. The maximum Gasteiger partial charge on any atom is 0.209 e. The van der Waals surface area contributed by atoms with Crippen LogP contribution in [0.15, 0.2) is 54.6 Å². The Balaban J connectivity index is 0.00000243. The van der Waals surface area contributed by atoms with Gasteiger partial charge < -0.3 is 17.7 Å². The molecule has 2 nitrogen and oxygen atoms in total. The number of para-hydroxylation sites is 1.